The Balaban J connectivity index is 4.29. The van der Waals surface area contributed by atoms with Gasteiger partial charge in [0.1, 0.15) is 13.2 Å². The molecule has 1 atom stereocenters. The third kappa shape index (κ3) is 33.6. The average molecular weight is 639 g/mol. The number of rotatable bonds is 35. The van der Waals surface area contributed by atoms with Crippen LogP contribution in [0.15, 0.2) is 0 Å². The Morgan fingerprint density at radius 3 is 0.889 bits per heavy atom. The van der Waals surface area contributed by atoms with Crippen molar-refractivity contribution in [2.45, 2.75) is 219 Å². The van der Waals surface area contributed by atoms with Crippen molar-refractivity contribution in [2.24, 2.45) is 0 Å². The maximum Gasteiger partial charge on any atom is 0.306 e. The first kappa shape index (κ1) is 43.4. The van der Waals surface area contributed by atoms with E-state index in [9.17, 15) is 14.4 Å². The number of carbonyl (C=O) groups is 3. The van der Waals surface area contributed by atoms with Gasteiger partial charge in [-0.3, -0.25) is 14.4 Å². The molecule has 0 aliphatic heterocycles. The molecule has 0 heterocycles. The maximum absolute atomic E-state index is 12.5. The van der Waals surface area contributed by atoms with E-state index >= 15 is 0 Å². The lowest BCUT2D eigenvalue weighted by atomic mass is 10.0. The smallest absolute Gasteiger partial charge is 0.306 e. The fourth-order valence-corrected chi connectivity index (χ4v) is 5.62. The molecule has 0 aromatic heterocycles. The minimum absolute atomic E-state index is 0.0645. The van der Waals surface area contributed by atoms with Crippen LogP contribution in [0.2, 0.25) is 0 Å². The van der Waals surface area contributed by atoms with E-state index in [1.54, 1.807) is 0 Å². The molecule has 0 amide bonds. The molecule has 6 heteroatoms. The van der Waals surface area contributed by atoms with Crippen LogP contribution >= 0.6 is 0 Å². The van der Waals surface area contributed by atoms with Gasteiger partial charge in [0.15, 0.2) is 6.10 Å². The standard InChI is InChI=1S/C39H74O6/c1-4-7-10-13-16-18-19-20-21-24-26-29-32-38(41)44-35-36(34-43-37(40)31-28-25-22-15-12-9-6-3)45-39(42)33-30-27-23-17-14-11-8-5-2/h36H,4-35H2,1-3H3. The lowest BCUT2D eigenvalue weighted by Gasteiger charge is -2.18. The minimum Gasteiger partial charge on any atom is -0.462 e. The quantitative estimate of drug-likeness (QED) is 0.0390. The Morgan fingerprint density at radius 2 is 0.600 bits per heavy atom. The Labute approximate surface area is 278 Å². The van der Waals surface area contributed by atoms with Crippen molar-refractivity contribution in [1.82, 2.24) is 0 Å². The molecule has 0 rings (SSSR count). The zero-order chi connectivity index (χ0) is 33.1. The first-order valence-corrected chi connectivity index (χ1v) is 19.5. The molecular formula is C39H74O6. The van der Waals surface area contributed by atoms with Crippen LogP contribution in [0.25, 0.3) is 0 Å². The monoisotopic (exact) mass is 639 g/mol. The van der Waals surface area contributed by atoms with Gasteiger partial charge < -0.3 is 14.2 Å². The number of esters is 3. The summed E-state index contributed by atoms with van der Waals surface area (Å²) in [5.41, 5.74) is 0. The second kappa shape index (κ2) is 35.3. The van der Waals surface area contributed by atoms with Gasteiger partial charge in [-0.1, -0.05) is 175 Å². The van der Waals surface area contributed by atoms with Gasteiger partial charge in [-0.15, -0.1) is 0 Å². The van der Waals surface area contributed by atoms with Gasteiger partial charge in [-0.25, -0.2) is 0 Å². The zero-order valence-electron chi connectivity index (χ0n) is 30.2. The third-order valence-corrected chi connectivity index (χ3v) is 8.61. The van der Waals surface area contributed by atoms with Gasteiger partial charge in [0.2, 0.25) is 0 Å². The molecule has 0 fully saturated rings. The van der Waals surface area contributed by atoms with Crippen molar-refractivity contribution in [3.05, 3.63) is 0 Å². The second-order valence-electron chi connectivity index (χ2n) is 13.2. The molecule has 0 aliphatic carbocycles. The fourth-order valence-electron chi connectivity index (χ4n) is 5.62. The SMILES string of the molecule is CCCCCCCCCCCCCCC(=O)OCC(COC(=O)CCCCCCCCC)OC(=O)CCCCCCCCCC. The predicted octanol–water partition coefficient (Wildman–Crippen LogP) is 11.7. The Kier molecular flexibility index (Phi) is 34.0. The highest BCUT2D eigenvalue weighted by Gasteiger charge is 2.19. The summed E-state index contributed by atoms with van der Waals surface area (Å²) in [5.74, 6) is -0.873. The number of hydrogen-bond donors (Lipinski definition) is 0. The van der Waals surface area contributed by atoms with Crippen LogP contribution in [0, 0.1) is 0 Å². The summed E-state index contributed by atoms with van der Waals surface area (Å²) in [4.78, 5) is 37.2. The van der Waals surface area contributed by atoms with Gasteiger partial charge in [0.25, 0.3) is 0 Å². The van der Waals surface area contributed by atoms with E-state index in [4.69, 9.17) is 14.2 Å². The Hall–Kier alpha value is -1.59. The van der Waals surface area contributed by atoms with Crippen molar-refractivity contribution in [2.75, 3.05) is 13.2 Å². The van der Waals surface area contributed by atoms with Crippen LogP contribution < -0.4 is 0 Å². The summed E-state index contributed by atoms with van der Waals surface area (Å²) in [5, 5.41) is 0. The van der Waals surface area contributed by atoms with Crippen LogP contribution in [-0.4, -0.2) is 37.2 Å². The molecule has 0 saturated carbocycles. The molecule has 1 unspecified atom stereocenters. The molecule has 0 saturated heterocycles. The third-order valence-electron chi connectivity index (χ3n) is 8.61. The number of ether oxygens (including phenoxy) is 3. The summed E-state index contributed by atoms with van der Waals surface area (Å²) >= 11 is 0. The summed E-state index contributed by atoms with van der Waals surface area (Å²) in [6.07, 6.45) is 32.4. The Morgan fingerprint density at radius 1 is 0.356 bits per heavy atom. The van der Waals surface area contributed by atoms with E-state index < -0.39 is 6.10 Å². The second-order valence-corrected chi connectivity index (χ2v) is 13.2. The lowest BCUT2D eigenvalue weighted by molar-refractivity contribution is -0.167. The molecule has 0 aromatic rings. The van der Waals surface area contributed by atoms with Crippen molar-refractivity contribution in [1.29, 1.82) is 0 Å². The van der Waals surface area contributed by atoms with Crippen molar-refractivity contribution in [3.63, 3.8) is 0 Å². The van der Waals surface area contributed by atoms with Crippen LogP contribution in [0.5, 0.6) is 0 Å². The van der Waals surface area contributed by atoms with E-state index in [1.165, 1.54) is 116 Å². The van der Waals surface area contributed by atoms with Crippen LogP contribution in [0.1, 0.15) is 213 Å². The summed E-state index contributed by atoms with van der Waals surface area (Å²) in [6, 6.07) is 0. The molecule has 0 radical (unpaired) electrons. The van der Waals surface area contributed by atoms with E-state index in [0.717, 1.165) is 57.8 Å². The van der Waals surface area contributed by atoms with Crippen LogP contribution in [0.3, 0.4) is 0 Å². The molecule has 0 aliphatic rings. The van der Waals surface area contributed by atoms with Crippen molar-refractivity contribution < 1.29 is 28.6 Å². The summed E-state index contributed by atoms with van der Waals surface area (Å²) in [6.45, 7) is 6.55. The van der Waals surface area contributed by atoms with Gasteiger partial charge in [0, 0.05) is 19.3 Å². The van der Waals surface area contributed by atoms with Crippen LogP contribution in [0.4, 0.5) is 0 Å². The molecule has 0 spiro atoms. The average Bonchev–Trinajstić information content (AvgIpc) is 3.03. The van der Waals surface area contributed by atoms with Crippen molar-refractivity contribution in [3.8, 4) is 0 Å². The number of hydrogen-bond acceptors (Lipinski definition) is 6. The Bertz CT molecular complexity index is 664. The van der Waals surface area contributed by atoms with Crippen LogP contribution in [-0.2, 0) is 28.6 Å². The molecular weight excluding hydrogens is 564 g/mol. The fraction of sp³-hybridized carbons (Fsp3) is 0.923. The predicted molar refractivity (Wildman–Crippen MR) is 187 cm³/mol. The largest absolute Gasteiger partial charge is 0.462 e. The van der Waals surface area contributed by atoms with E-state index in [0.29, 0.717) is 19.3 Å². The van der Waals surface area contributed by atoms with E-state index in [2.05, 4.69) is 20.8 Å². The topological polar surface area (TPSA) is 78.9 Å². The van der Waals surface area contributed by atoms with Gasteiger partial charge in [-0.05, 0) is 19.3 Å². The van der Waals surface area contributed by atoms with Crippen molar-refractivity contribution >= 4 is 17.9 Å². The summed E-state index contributed by atoms with van der Waals surface area (Å²) in [7, 11) is 0. The molecule has 6 nitrogen and oxygen atoms in total. The van der Waals surface area contributed by atoms with Gasteiger partial charge >= 0.3 is 17.9 Å². The highest BCUT2D eigenvalue weighted by atomic mass is 16.6. The normalized spacial score (nSPS) is 11.8. The lowest BCUT2D eigenvalue weighted by Crippen LogP contribution is -2.30. The highest BCUT2D eigenvalue weighted by Crippen LogP contribution is 2.14. The minimum atomic E-state index is -0.754. The van der Waals surface area contributed by atoms with Gasteiger partial charge in [0.05, 0.1) is 0 Å². The first-order valence-electron chi connectivity index (χ1n) is 19.5. The van der Waals surface area contributed by atoms with E-state index in [-0.39, 0.29) is 31.1 Å². The van der Waals surface area contributed by atoms with Gasteiger partial charge in [-0.2, -0.15) is 0 Å². The first-order chi connectivity index (χ1) is 22.0. The molecule has 0 N–H and O–H groups in total. The highest BCUT2D eigenvalue weighted by molar-refractivity contribution is 5.71. The number of unbranched alkanes of at least 4 members (excludes halogenated alkanes) is 24. The van der Waals surface area contributed by atoms with E-state index in [1.807, 2.05) is 0 Å². The maximum atomic E-state index is 12.5. The summed E-state index contributed by atoms with van der Waals surface area (Å²) < 4.78 is 16.5. The molecule has 45 heavy (non-hydrogen) atoms. The number of carbonyl (C=O) groups excluding carboxylic acids is 3. The molecule has 0 aromatic carbocycles. The molecule has 0 bridgehead atoms. The zero-order valence-corrected chi connectivity index (χ0v) is 30.2. The molecule has 266 valence electrons.